The Hall–Kier alpha value is -1.78. The minimum absolute atomic E-state index is 0.0305. The molecule has 2 rings (SSSR count). The van der Waals surface area contributed by atoms with Crippen LogP contribution in [0.25, 0.3) is 0 Å². The number of anilines is 1. The first-order chi connectivity index (χ1) is 7.59. The maximum absolute atomic E-state index is 13.1. The van der Waals surface area contributed by atoms with Crippen molar-refractivity contribution in [1.82, 2.24) is 0 Å². The Morgan fingerprint density at radius 3 is 2.69 bits per heavy atom. The van der Waals surface area contributed by atoms with E-state index in [0.29, 0.717) is 0 Å². The van der Waals surface area contributed by atoms with Gasteiger partial charge in [0.15, 0.2) is 0 Å². The average Bonchev–Trinajstić information content (AvgIpc) is 2.16. The number of aromatic carboxylic acids is 1. The summed E-state index contributed by atoms with van der Waals surface area (Å²) < 4.78 is 18.6. The molecule has 0 aromatic heterocycles. The molecule has 4 nitrogen and oxygen atoms in total. The number of hydrogen-bond donors (Lipinski definition) is 2. The molecule has 86 valence electrons. The largest absolute Gasteiger partial charge is 0.489 e. The number of halogens is 1. The molecule has 0 radical (unpaired) electrons. The van der Waals surface area contributed by atoms with E-state index in [9.17, 15) is 9.18 Å². The summed E-state index contributed by atoms with van der Waals surface area (Å²) in [5.41, 5.74) is 4.73. The summed E-state index contributed by atoms with van der Waals surface area (Å²) >= 11 is 0. The zero-order valence-corrected chi connectivity index (χ0v) is 8.57. The number of carboxylic acid groups (broad SMARTS) is 1. The SMILES string of the molecule is Nc1c(F)ccc(OC2CCC2)c1C(=O)O. The third kappa shape index (κ3) is 1.80. The van der Waals surface area contributed by atoms with E-state index in [0.717, 1.165) is 25.3 Å². The third-order valence-corrected chi connectivity index (χ3v) is 2.71. The van der Waals surface area contributed by atoms with Crippen molar-refractivity contribution in [2.75, 3.05) is 5.73 Å². The van der Waals surface area contributed by atoms with E-state index in [1.54, 1.807) is 0 Å². The molecule has 0 aliphatic heterocycles. The molecule has 3 N–H and O–H groups in total. The van der Waals surface area contributed by atoms with Crippen LogP contribution in [0.2, 0.25) is 0 Å². The van der Waals surface area contributed by atoms with Gasteiger partial charge in [0.2, 0.25) is 0 Å². The molecule has 1 aromatic carbocycles. The van der Waals surface area contributed by atoms with E-state index in [4.69, 9.17) is 15.6 Å². The number of benzene rings is 1. The summed E-state index contributed by atoms with van der Waals surface area (Å²) in [6, 6.07) is 2.43. The number of nitrogens with two attached hydrogens (primary N) is 1. The second-order valence-corrected chi connectivity index (χ2v) is 3.81. The molecule has 1 aliphatic rings. The molecule has 0 atom stereocenters. The van der Waals surface area contributed by atoms with Crippen molar-refractivity contribution in [1.29, 1.82) is 0 Å². The normalized spacial score (nSPS) is 15.6. The van der Waals surface area contributed by atoms with Crippen LogP contribution < -0.4 is 10.5 Å². The van der Waals surface area contributed by atoms with Crippen LogP contribution in [0.4, 0.5) is 10.1 Å². The van der Waals surface area contributed by atoms with Gasteiger partial charge < -0.3 is 15.6 Å². The molecule has 1 aliphatic carbocycles. The van der Waals surface area contributed by atoms with Gasteiger partial charge in [-0.15, -0.1) is 0 Å². The van der Waals surface area contributed by atoms with Crippen molar-refractivity contribution in [2.24, 2.45) is 0 Å². The molecular formula is C11H12FNO3. The first-order valence-corrected chi connectivity index (χ1v) is 5.07. The molecular weight excluding hydrogens is 213 g/mol. The fourth-order valence-corrected chi connectivity index (χ4v) is 1.56. The lowest BCUT2D eigenvalue weighted by Crippen LogP contribution is -2.25. The van der Waals surface area contributed by atoms with Gasteiger partial charge in [-0.1, -0.05) is 0 Å². The topological polar surface area (TPSA) is 72.5 Å². The highest BCUT2D eigenvalue weighted by molar-refractivity contribution is 5.96. The van der Waals surface area contributed by atoms with Gasteiger partial charge in [-0.3, -0.25) is 0 Å². The molecule has 0 heterocycles. The summed E-state index contributed by atoms with van der Waals surface area (Å²) in [6.07, 6.45) is 2.90. The minimum Gasteiger partial charge on any atom is -0.489 e. The number of ether oxygens (including phenoxy) is 1. The molecule has 1 aromatic rings. The van der Waals surface area contributed by atoms with Gasteiger partial charge >= 0.3 is 5.97 Å². The van der Waals surface area contributed by atoms with Crippen LogP contribution in [0, 0.1) is 5.82 Å². The van der Waals surface area contributed by atoms with E-state index >= 15 is 0 Å². The first kappa shape index (κ1) is 10.7. The van der Waals surface area contributed by atoms with E-state index < -0.39 is 11.8 Å². The Balaban J connectivity index is 2.35. The monoisotopic (exact) mass is 225 g/mol. The van der Waals surface area contributed by atoms with Crippen molar-refractivity contribution in [3.05, 3.63) is 23.5 Å². The third-order valence-electron chi connectivity index (χ3n) is 2.71. The second-order valence-electron chi connectivity index (χ2n) is 3.81. The predicted molar refractivity (Wildman–Crippen MR) is 56.0 cm³/mol. The van der Waals surface area contributed by atoms with Gasteiger partial charge in [0, 0.05) is 0 Å². The van der Waals surface area contributed by atoms with Crippen LogP contribution in [0.15, 0.2) is 12.1 Å². The second kappa shape index (κ2) is 4.00. The molecule has 0 saturated heterocycles. The summed E-state index contributed by atoms with van der Waals surface area (Å²) in [4.78, 5) is 11.0. The van der Waals surface area contributed by atoms with Crippen molar-refractivity contribution in [3.8, 4) is 5.75 Å². The number of rotatable bonds is 3. The first-order valence-electron chi connectivity index (χ1n) is 5.07. The Labute approximate surface area is 91.8 Å². The molecule has 5 heteroatoms. The van der Waals surface area contributed by atoms with Gasteiger partial charge in [-0.25, -0.2) is 9.18 Å². The highest BCUT2D eigenvalue weighted by Crippen LogP contribution is 2.31. The molecule has 1 fully saturated rings. The summed E-state index contributed by atoms with van der Waals surface area (Å²) in [6.45, 7) is 0. The lowest BCUT2D eigenvalue weighted by Gasteiger charge is -2.27. The highest BCUT2D eigenvalue weighted by atomic mass is 19.1. The molecule has 0 unspecified atom stereocenters. The van der Waals surface area contributed by atoms with Crippen LogP contribution in [0.1, 0.15) is 29.6 Å². The molecule has 16 heavy (non-hydrogen) atoms. The quantitative estimate of drug-likeness (QED) is 0.772. The van der Waals surface area contributed by atoms with Gasteiger partial charge in [-0.2, -0.15) is 0 Å². The van der Waals surface area contributed by atoms with Gasteiger partial charge in [0.25, 0.3) is 0 Å². The van der Waals surface area contributed by atoms with Crippen LogP contribution in [0.5, 0.6) is 5.75 Å². The summed E-state index contributed by atoms with van der Waals surface area (Å²) in [5, 5.41) is 8.95. The van der Waals surface area contributed by atoms with Gasteiger partial charge in [0.05, 0.1) is 11.8 Å². The van der Waals surface area contributed by atoms with Crippen LogP contribution in [-0.2, 0) is 0 Å². The van der Waals surface area contributed by atoms with E-state index in [-0.39, 0.29) is 23.1 Å². The number of nitrogen functional groups attached to an aromatic ring is 1. The Morgan fingerprint density at radius 1 is 1.50 bits per heavy atom. The zero-order chi connectivity index (χ0) is 11.7. The predicted octanol–water partition coefficient (Wildman–Crippen LogP) is 2.04. The smallest absolute Gasteiger partial charge is 0.341 e. The van der Waals surface area contributed by atoms with Crippen molar-refractivity contribution in [3.63, 3.8) is 0 Å². The van der Waals surface area contributed by atoms with Crippen molar-refractivity contribution in [2.45, 2.75) is 25.4 Å². The Bertz CT molecular complexity index is 429. The van der Waals surface area contributed by atoms with E-state index in [1.165, 1.54) is 6.07 Å². The lowest BCUT2D eigenvalue weighted by atomic mass is 9.96. The summed E-state index contributed by atoms with van der Waals surface area (Å²) in [7, 11) is 0. The van der Waals surface area contributed by atoms with Gasteiger partial charge in [0.1, 0.15) is 17.1 Å². The number of carboxylic acids is 1. The van der Waals surface area contributed by atoms with Gasteiger partial charge in [-0.05, 0) is 31.4 Å². The Morgan fingerprint density at radius 2 is 2.19 bits per heavy atom. The highest BCUT2D eigenvalue weighted by Gasteiger charge is 2.24. The Kier molecular flexibility index (Phi) is 2.68. The van der Waals surface area contributed by atoms with E-state index in [1.807, 2.05) is 0 Å². The van der Waals surface area contributed by atoms with Crippen LogP contribution in [-0.4, -0.2) is 17.2 Å². The van der Waals surface area contributed by atoms with E-state index in [2.05, 4.69) is 0 Å². The number of carbonyl (C=O) groups is 1. The minimum atomic E-state index is -1.27. The zero-order valence-electron chi connectivity index (χ0n) is 8.57. The maximum Gasteiger partial charge on any atom is 0.341 e. The van der Waals surface area contributed by atoms with Crippen LogP contribution >= 0.6 is 0 Å². The van der Waals surface area contributed by atoms with Crippen molar-refractivity contribution < 1.29 is 19.0 Å². The molecule has 0 spiro atoms. The molecule has 0 bridgehead atoms. The standard InChI is InChI=1S/C11H12FNO3/c12-7-4-5-8(16-6-2-1-3-6)9(10(7)13)11(14)15/h4-6H,1-3,13H2,(H,14,15). The van der Waals surface area contributed by atoms with Crippen molar-refractivity contribution >= 4 is 11.7 Å². The fourth-order valence-electron chi connectivity index (χ4n) is 1.56. The fraction of sp³-hybridized carbons (Fsp3) is 0.364. The molecule has 1 saturated carbocycles. The lowest BCUT2D eigenvalue weighted by molar-refractivity contribution is 0.0680. The summed E-state index contributed by atoms with van der Waals surface area (Å²) in [5.74, 6) is -1.86. The maximum atomic E-state index is 13.1. The molecule has 0 amide bonds. The average molecular weight is 225 g/mol. The number of hydrogen-bond acceptors (Lipinski definition) is 3. The van der Waals surface area contributed by atoms with Crippen LogP contribution in [0.3, 0.4) is 0 Å².